The van der Waals surface area contributed by atoms with Crippen LogP contribution in [0.5, 0.6) is 0 Å². The van der Waals surface area contributed by atoms with Gasteiger partial charge in [-0.25, -0.2) is 0 Å². The lowest BCUT2D eigenvalue weighted by atomic mass is 10.4. The highest BCUT2D eigenvalue weighted by Crippen LogP contribution is 2.17. The number of rotatable bonds is 6. The lowest BCUT2D eigenvalue weighted by Gasteiger charge is -2.00. The maximum Gasteiger partial charge on any atom is 0.114 e. The fraction of sp³-hybridized carbons (Fsp3) is 0.455. The standard InChI is InChI=1S/C11H17NOS/c1-3-10-4-5-11(13-10)8-14-7-9(2)6-12/h4-5H,2-3,6-8,12H2,1H3. The first kappa shape index (κ1) is 11.4. The minimum absolute atomic E-state index is 0.575. The first-order chi connectivity index (χ1) is 6.76. The second-order valence-electron chi connectivity index (χ2n) is 3.17. The van der Waals surface area contributed by atoms with Gasteiger partial charge in [0.1, 0.15) is 11.5 Å². The van der Waals surface area contributed by atoms with Crippen LogP contribution in [-0.4, -0.2) is 12.3 Å². The molecule has 0 atom stereocenters. The third-order valence-electron chi connectivity index (χ3n) is 1.90. The number of furan rings is 1. The molecule has 2 N–H and O–H groups in total. The second kappa shape index (κ2) is 5.94. The van der Waals surface area contributed by atoms with Crippen LogP contribution in [0, 0.1) is 0 Å². The highest BCUT2D eigenvalue weighted by molar-refractivity contribution is 7.98. The molecule has 0 spiro atoms. The number of hydrogen-bond donors (Lipinski definition) is 1. The molecule has 0 unspecified atom stereocenters. The Labute approximate surface area is 89.6 Å². The Morgan fingerprint density at radius 2 is 2.21 bits per heavy atom. The monoisotopic (exact) mass is 211 g/mol. The molecule has 3 heteroatoms. The molecular formula is C11H17NOS. The zero-order valence-electron chi connectivity index (χ0n) is 8.58. The van der Waals surface area contributed by atoms with Crippen molar-refractivity contribution in [1.29, 1.82) is 0 Å². The van der Waals surface area contributed by atoms with Gasteiger partial charge in [-0.1, -0.05) is 19.1 Å². The molecule has 0 aliphatic rings. The van der Waals surface area contributed by atoms with Crippen molar-refractivity contribution < 1.29 is 4.42 Å². The average Bonchev–Trinajstić information content (AvgIpc) is 2.65. The van der Waals surface area contributed by atoms with Crippen LogP contribution in [0.4, 0.5) is 0 Å². The number of aryl methyl sites for hydroxylation is 1. The van der Waals surface area contributed by atoms with Crippen molar-refractivity contribution in [2.45, 2.75) is 19.1 Å². The summed E-state index contributed by atoms with van der Waals surface area (Å²) in [5.41, 5.74) is 6.52. The average molecular weight is 211 g/mol. The minimum Gasteiger partial charge on any atom is -0.465 e. The zero-order valence-corrected chi connectivity index (χ0v) is 9.40. The molecule has 78 valence electrons. The van der Waals surface area contributed by atoms with Crippen molar-refractivity contribution in [3.63, 3.8) is 0 Å². The summed E-state index contributed by atoms with van der Waals surface area (Å²) in [5, 5.41) is 0. The van der Waals surface area contributed by atoms with E-state index in [0.29, 0.717) is 6.54 Å². The van der Waals surface area contributed by atoms with E-state index in [2.05, 4.69) is 13.5 Å². The third kappa shape index (κ3) is 3.60. The van der Waals surface area contributed by atoms with Crippen molar-refractivity contribution in [1.82, 2.24) is 0 Å². The minimum atomic E-state index is 0.575. The van der Waals surface area contributed by atoms with Crippen LogP contribution in [0.1, 0.15) is 18.4 Å². The van der Waals surface area contributed by atoms with E-state index in [1.807, 2.05) is 12.1 Å². The van der Waals surface area contributed by atoms with Crippen LogP contribution < -0.4 is 5.73 Å². The van der Waals surface area contributed by atoms with E-state index in [1.54, 1.807) is 11.8 Å². The molecule has 0 bridgehead atoms. The molecule has 0 amide bonds. The van der Waals surface area contributed by atoms with Gasteiger partial charge in [-0.15, -0.1) is 11.8 Å². The van der Waals surface area contributed by atoms with Crippen molar-refractivity contribution in [3.8, 4) is 0 Å². The molecule has 1 aromatic rings. The molecule has 1 heterocycles. The van der Waals surface area contributed by atoms with Crippen molar-refractivity contribution in [2.75, 3.05) is 12.3 Å². The fourth-order valence-electron chi connectivity index (χ4n) is 1.04. The van der Waals surface area contributed by atoms with Crippen LogP contribution in [0.25, 0.3) is 0 Å². The predicted octanol–water partition coefficient (Wildman–Crippen LogP) is 2.59. The Balaban J connectivity index is 2.27. The van der Waals surface area contributed by atoms with Gasteiger partial charge in [0.2, 0.25) is 0 Å². The van der Waals surface area contributed by atoms with E-state index in [1.165, 1.54) is 0 Å². The normalized spacial score (nSPS) is 10.4. The lowest BCUT2D eigenvalue weighted by Crippen LogP contribution is -2.03. The summed E-state index contributed by atoms with van der Waals surface area (Å²) in [5.74, 6) is 3.91. The quantitative estimate of drug-likeness (QED) is 0.735. The summed E-state index contributed by atoms with van der Waals surface area (Å²) >= 11 is 1.79. The van der Waals surface area contributed by atoms with Gasteiger partial charge in [0.05, 0.1) is 5.75 Å². The van der Waals surface area contributed by atoms with E-state index in [9.17, 15) is 0 Å². The number of nitrogens with two attached hydrogens (primary N) is 1. The second-order valence-corrected chi connectivity index (χ2v) is 4.15. The molecular weight excluding hydrogens is 194 g/mol. The largest absolute Gasteiger partial charge is 0.465 e. The zero-order chi connectivity index (χ0) is 10.4. The van der Waals surface area contributed by atoms with Gasteiger partial charge in [-0.3, -0.25) is 0 Å². The first-order valence-corrected chi connectivity index (χ1v) is 5.93. The lowest BCUT2D eigenvalue weighted by molar-refractivity contribution is 0.485. The number of hydrogen-bond acceptors (Lipinski definition) is 3. The Bertz CT molecular complexity index is 293. The molecule has 0 fully saturated rings. The van der Waals surface area contributed by atoms with Crippen LogP contribution in [-0.2, 0) is 12.2 Å². The highest BCUT2D eigenvalue weighted by Gasteiger charge is 2.00. The maximum atomic E-state index is 5.57. The SMILES string of the molecule is C=C(CN)CSCc1ccc(CC)o1. The van der Waals surface area contributed by atoms with Crippen molar-refractivity contribution in [3.05, 3.63) is 35.8 Å². The summed E-state index contributed by atoms with van der Waals surface area (Å²) < 4.78 is 5.57. The molecule has 2 nitrogen and oxygen atoms in total. The summed E-state index contributed by atoms with van der Waals surface area (Å²) in [6, 6.07) is 4.07. The van der Waals surface area contributed by atoms with Crippen molar-refractivity contribution >= 4 is 11.8 Å². The maximum absolute atomic E-state index is 5.57. The van der Waals surface area contributed by atoms with Crippen LogP contribution in [0.15, 0.2) is 28.7 Å². The van der Waals surface area contributed by atoms with Gasteiger partial charge in [-0.2, -0.15) is 0 Å². The van der Waals surface area contributed by atoms with Gasteiger partial charge in [0.15, 0.2) is 0 Å². The summed E-state index contributed by atoms with van der Waals surface area (Å²) in [6.07, 6.45) is 0.959. The topological polar surface area (TPSA) is 39.2 Å². The third-order valence-corrected chi connectivity index (χ3v) is 3.01. The molecule has 14 heavy (non-hydrogen) atoms. The number of thioether (sulfide) groups is 1. The Morgan fingerprint density at radius 1 is 1.50 bits per heavy atom. The van der Waals surface area contributed by atoms with E-state index in [4.69, 9.17) is 10.2 Å². The summed E-state index contributed by atoms with van der Waals surface area (Å²) in [6.45, 7) is 6.51. The van der Waals surface area contributed by atoms with Gasteiger partial charge >= 0.3 is 0 Å². The fourth-order valence-corrected chi connectivity index (χ4v) is 1.91. The van der Waals surface area contributed by atoms with Gasteiger partial charge in [0, 0.05) is 18.7 Å². The molecule has 0 aliphatic carbocycles. The van der Waals surface area contributed by atoms with E-state index in [-0.39, 0.29) is 0 Å². The van der Waals surface area contributed by atoms with Crippen LogP contribution in [0.2, 0.25) is 0 Å². The van der Waals surface area contributed by atoms with E-state index < -0.39 is 0 Å². The van der Waals surface area contributed by atoms with Gasteiger partial charge in [-0.05, 0) is 12.1 Å². The smallest absolute Gasteiger partial charge is 0.114 e. The molecule has 0 aromatic carbocycles. The Kier molecular flexibility index (Phi) is 4.84. The molecule has 0 radical (unpaired) electrons. The molecule has 0 saturated heterocycles. The predicted molar refractivity (Wildman–Crippen MR) is 62.4 cm³/mol. The molecule has 1 aromatic heterocycles. The van der Waals surface area contributed by atoms with Gasteiger partial charge < -0.3 is 10.2 Å². The van der Waals surface area contributed by atoms with Gasteiger partial charge in [0.25, 0.3) is 0 Å². The molecule has 1 rings (SSSR count). The summed E-state index contributed by atoms with van der Waals surface area (Å²) in [7, 11) is 0. The van der Waals surface area contributed by atoms with Crippen LogP contribution >= 0.6 is 11.8 Å². The van der Waals surface area contributed by atoms with Crippen LogP contribution in [0.3, 0.4) is 0 Å². The highest BCUT2D eigenvalue weighted by atomic mass is 32.2. The summed E-state index contributed by atoms with van der Waals surface area (Å²) in [4.78, 5) is 0. The Morgan fingerprint density at radius 3 is 2.79 bits per heavy atom. The Hall–Kier alpha value is -0.670. The first-order valence-electron chi connectivity index (χ1n) is 4.78. The molecule has 0 saturated carbocycles. The van der Waals surface area contributed by atoms with Crippen molar-refractivity contribution in [2.24, 2.45) is 5.73 Å². The van der Waals surface area contributed by atoms with E-state index in [0.717, 1.165) is 35.0 Å². The van der Waals surface area contributed by atoms with E-state index >= 15 is 0 Å². The molecule has 0 aliphatic heterocycles.